The normalized spacial score (nSPS) is 10.6. The summed E-state index contributed by atoms with van der Waals surface area (Å²) in [6, 6.07) is 14.2. The number of para-hydroxylation sites is 1. The third kappa shape index (κ3) is 6.18. The largest absolute Gasteiger partial charge is 0.487 e. The molecule has 8 heteroatoms. The van der Waals surface area contributed by atoms with Crippen LogP contribution in [0.25, 0.3) is 6.08 Å². The number of hydrogen-bond acceptors (Lipinski definition) is 6. The summed E-state index contributed by atoms with van der Waals surface area (Å²) in [6.45, 7) is 2.32. The molecule has 0 radical (unpaired) electrons. The van der Waals surface area contributed by atoms with Crippen molar-refractivity contribution < 1.29 is 19.1 Å². The van der Waals surface area contributed by atoms with Gasteiger partial charge in [0.15, 0.2) is 0 Å². The Hall–Kier alpha value is -3.65. The minimum Gasteiger partial charge on any atom is -0.487 e. The molecule has 0 aliphatic rings. The molecule has 0 aliphatic heterocycles. The molecule has 2 N–H and O–H groups in total. The average molecular weight is 423 g/mol. The van der Waals surface area contributed by atoms with E-state index in [0.717, 1.165) is 16.3 Å². The van der Waals surface area contributed by atoms with Crippen LogP contribution in [-0.2, 0) is 16.1 Å². The molecular formula is C22H21N3O4S. The average Bonchev–Trinajstić information content (AvgIpc) is 3.17. The molecule has 0 unspecified atom stereocenters. The lowest BCUT2D eigenvalue weighted by Crippen LogP contribution is -2.11. The quantitative estimate of drug-likeness (QED) is 0.530. The smallest absolute Gasteiger partial charge is 0.411 e. The molecule has 2 amide bonds. The fourth-order valence-corrected chi connectivity index (χ4v) is 3.13. The second kappa shape index (κ2) is 10.2. The standard InChI is InChI=1S/C22H21N3O4S/c1-15-23-19(14-30-15)13-29-20-6-4-3-5-16(20)7-12-21(26)24-17-8-10-18(11-9-17)25-22(27)28-2/h3-12,14H,13H2,1-2H3,(H,24,26)(H,25,27)/b12-7+. The van der Waals surface area contributed by atoms with E-state index in [1.807, 2.05) is 36.6 Å². The van der Waals surface area contributed by atoms with E-state index >= 15 is 0 Å². The van der Waals surface area contributed by atoms with Crippen LogP contribution in [0.15, 0.2) is 60.0 Å². The number of nitrogens with one attached hydrogen (secondary N) is 2. The van der Waals surface area contributed by atoms with Gasteiger partial charge in [-0.1, -0.05) is 18.2 Å². The van der Waals surface area contributed by atoms with Gasteiger partial charge in [-0.05, 0) is 43.3 Å². The fourth-order valence-electron chi connectivity index (χ4n) is 2.53. The molecule has 3 rings (SSSR count). The molecular weight excluding hydrogens is 402 g/mol. The molecule has 1 aromatic heterocycles. The summed E-state index contributed by atoms with van der Waals surface area (Å²) in [6.07, 6.45) is 2.58. The third-order valence-electron chi connectivity index (χ3n) is 3.96. The number of nitrogens with zero attached hydrogens (tertiary/aromatic N) is 1. The molecule has 154 valence electrons. The maximum absolute atomic E-state index is 12.3. The van der Waals surface area contributed by atoms with Crippen LogP contribution in [0, 0.1) is 6.92 Å². The second-order valence-electron chi connectivity index (χ2n) is 6.20. The number of anilines is 2. The minimum atomic E-state index is -0.555. The lowest BCUT2D eigenvalue weighted by Gasteiger charge is -2.08. The number of aryl methyl sites for hydroxylation is 1. The molecule has 0 atom stereocenters. The summed E-state index contributed by atoms with van der Waals surface area (Å²) in [7, 11) is 1.29. The number of thiazole rings is 1. The lowest BCUT2D eigenvalue weighted by molar-refractivity contribution is -0.111. The van der Waals surface area contributed by atoms with Gasteiger partial charge in [0.1, 0.15) is 12.4 Å². The van der Waals surface area contributed by atoms with Gasteiger partial charge in [0.25, 0.3) is 0 Å². The number of benzene rings is 2. The van der Waals surface area contributed by atoms with Crippen molar-refractivity contribution in [1.82, 2.24) is 4.98 Å². The summed E-state index contributed by atoms with van der Waals surface area (Å²) < 4.78 is 10.4. The van der Waals surface area contributed by atoms with Gasteiger partial charge in [0.05, 0.1) is 17.8 Å². The highest BCUT2D eigenvalue weighted by Crippen LogP contribution is 2.21. The zero-order chi connectivity index (χ0) is 21.3. The molecule has 2 aromatic carbocycles. The fraction of sp³-hybridized carbons (Fsp3) is 0.136. The first-order chi connectivity index (χ1) is 14.5. The highest BCUT2D eigenvalue weighted by Gasteiger charge is 2.05. The Morgan fingerprint density at radius 1 is 1.07 bits per heavy atom. The topological polar surface area (TPSA) is 89.6 Å². The van der Waals surface area contributed by atoms with Gasteiger partial charge in [-0.2, -0.15) is 0 Å². The van der Waals surface area contributed by atoms with Crippen LogP contribution in [0.5, 0.6) is 5.75 Å². The first kappa shape index (κ1) is 21.1. The predicted molar refractivity (Wildman–Crippen MR) is 118 cm³/mol. The highest BCUT2D eigenvalue weighted by molar-refractivity contribution is 7.09. The number of rotatable bonds is 7. The second-order valence-corrected chi connectivity index (χ2v) is 7.26. The van der Waals surface area contributed by atoms with Crippen molar-refractivity contribution in [1.29, 1.82) is 0 Å². The number of ether oxygens (including phenoxy) is 2. The van der Waals surface area contributed by atoms with E-state index in [4.69, 9.17) is 4.74 Å². The molecule has 0 saturated carbocycles. The van der Waals surface area contributed by atoms with Gasteiger partial charge in [-0.3, -0.25) is 10.1 Å². The van der Waals surface area contributed by atoms with Crippen LogP contribution >= 0.6 is 11.3 Å². The Morgan fingerprint density at radius 2 is 1.77 bits per heavy atom. The van der Waals surface area contributed by atoms with Gasteiger partial charge >= 0.3 is 6.09 Å². The summed E-state index contributed by atoms with van der Waals surface area (Å²) in [5.41, 5.74) is 2.83. The number of aromatic nitrogens is 1. The van der Waals surface area contributed by atoms with Crippen LogP contribution in [0.2, 0.25) is 0 Å². The molecule has 0 spiro atoms. The van der Waals surface area contributed by atoms with Crippen LogP contribution in [0.4, 0.5) is 16.2 Å². The highest BCUT2D eigenvalue weighted by atomic mass is 32.1. The zero-order valence-electron chi connectivity index (χ0n) is 16.5. The summed E-state index contributed by atoms with van der Waals surface area (Å²) >= 11 is 1.58. The van der Waals surface area contributed by atoms with Crippen LogP contribution < -0.4 is 15.4 Å². The van der Waals surface area contributed by atoms with E-state index in [1.54, 1.807) is 41.7 Å². The van der Waals surface area contributed by atoms with E-state index in [9.17, 15) is 9.59 Å². The molecule has 7 nitrogen and oxygen atoms in total. The van der Waals surface area contributed by atoms with Crippen molar-refractivity contribution in [2.75, 3.05) is 17.7 Å². The van der Waals surface area contributed by atoms with Crippen molar-refractivity contribution >= 4 is 40.8 Å². The molecule has 0 fully saturated rings. The van der Waals surface area contributed by atoms with Crippen molar-refractivity contribution in [3.8, 4) is 5.75 Å². The zero-order valence-corrected chi connectivity index (χ0v) is 17.4. The monoisotopic (exact) mass is 423 g/mol. The van der Waals surface area contributed by atoms with Gasteiger partial charge in [-0.25, -0.2) is 9.78 Å². The summed E-state index contributed by atoms with van der Waals surface area (Å²) in [5, 5.41) is 8.27. The SMILES string of the molecule is COC(=O)Nc1ccc(NC(=O)/C=C/c2ccccc2OCc2csc(C)n2)cc1. The Kier molecular flexibility index (Phi) is 7.18. The maximum atomic E-state index is 12.3. The van der Waals surface area contributed by atoms with E-state index in [2.05, 4.69) is 20.4 Å². The number of amides is 2. The molecule has 0 aliphatic carbocycles. The van der Waals surface area contributed by atoms with Crippen molar-refractivity contribution in [2.24, 2.45) is 0 Å². The maximum Gasteiger partial charge on any atom is 0.411 e. The van der Waals surface area contributed by atoms with Gasteiger partial charge in [0.2, 0.25) is 5.91 Å². The number of hydrogen-bond donors (Lipinski definition) is 2. The van der Waals surface area contributed by atoms with E-state index < -0.39 is 6.09 Å². The van der Waals surface area contributed by atoms with Crippen LogP contribution in [0.3, 0.4) is 0 Å². The molecule has 0 bridgehead atoms. The van der Waals surface area contributed by atoms with Crippen molar-refractivity contribution in [3.05, 3.63) is 76.3 Å². The predicted octanol–water partition coefficient (Wildman–Crippen LogP) is 4.86. The Balaban J connectivity index is 1.58. The van der Waals surface area contributed by atoms with E-state index in [0.29, 0.717) is 23.7 Å². The van der Waals surface area contributed by atoms with Crippen molar-refractivity contribution in [2.45, 2.75) is 13.5 Å². The van der Waals surface area contributed by atoms with E-state index in [-0.39, 0.29) is 5.91 Å². The molecule has 0 saturated heterocycles. The van der Waals surface area contributed by atoms with Crippen molar-refractivity contribution in [3.63, 3.8) is 0 Å². The number of carbonyl (C=O) groups excluding carboxylic acids is 2. The van der Waals surface area contributed by atoms with Crippen LogP contribution in [0.1, 0.15) is 16.3 Å². The lowest BCUT2D eigenvalue weighted by atomic mass is 10.2. The Morgan fingerprint density at radius 3 is 2.43 bits per heavy atom. The number of carbonyl (C=O) groups is 2. The van der Waals surface area contributed by atoms with Gasteiger partial charge < -0.3 is 14.8 Å². The first-order valence-electron chi connectivity index (χ1n) is 9.10. The van der Waals surface area contributed by atoms with Crippen LogP contribution in [-0.4, -0.2) is 24.1 Å². The summed E-state index contributed by atoms with van der Waals surface area (Å²) in [5.74, 6) is 0.388. The molecule has 3 aromatic rings. The van der Waals surface area contributed by atoms with Gasteiger partial charge in [0, 0.05) is 28.4 Å². The first-order valence-corrected chi connectivity index (χ1v) is 9.98. The minimum absolute atomic E-state index is 0.284. The molecule has 30 heavy (non-hydrogen) atoms. The molecule has 1 heterocycles. The van der Waals surface area contributed by atoms with E-state index in [1.165, 1.54) is 13.2 Å². The Bertz CT molecular complexity index is 1040. The summed E-state index contributed by atoms with van der Waals surface area (Å²) in [4.78, 5) is 27.8. The number of methoxy groups -OCH3 is 1. The third-order valence-corrected chi connectivity index (χ3v) is 4.78. The van der Waals surface area contributed by atoms with Gasteiger partial charge in [-0.15, -0.1) is 11.3 Å². The Labute approximate surface area is 178 Å².